The predicted octanol–water partition coefficient (Wildman–Crippen LogP) is 5.07. The van der Waals surface area contributed by atoms with Gasteiger partial charge in [0, 0.05) is 6.54 Å². The van der Waals surface area contributed by atoms with Crippen molar-refractivity contribution in [3.8, 4) is 0 Å². The Labute approximate surface area is 154 Å². The molecule has 0 N–H and O–H groups in total. The van der Waals surface area contributed by atoms with Gasteiger partial charge in [0.05, 0.1) is 8.07 Å². The van der Waals surface area contributed by atoms with Crippen molar-refractivity contribution in [2.45, 2.75) is 38.0 Å². The standard InChI is InChI=1S/C23H31NSi/c1-19-21(15-16-24(2)18-20-11-7-5-8-12-20)17-23(19)25(3,4)22-13-9-6-10-14-22/h5-14,21,23H,1,15-18H2,2-4H3/t21-,23-/m1/s1. The number of rotatable bonds is 7. The molecule has 0 amide bonds. The van der Waals surface area contributed by atoms with Crippen molar-refractivity contribution in [3.63, 3.8) is 0 Å². The molecule has 1 fully saturated rings. The second kappa shape index (κ2) is 7.71. The third-order valence-corrected chi connectivity index (χ3v) is 10.2. The fraction of sp³-hybridized carbons (Fsp3) is 0.391. The van der Waals surface area contributed by atoms with E-state index < -0.39 is 8.07 Å². The maximum Gasteiger partial charge on any atom is 0.0876 e. The van der Waals surface area contributed by atoms with Crippen LogP contribution >= 0.6 is 0 Å². The maximum absolute atomic E-state index is 4.49. The van der Waals surface area contributed by atoms with Crippen LogP contribution in [0, 0.1) is 5.92 Å². The molecule has 1 aliphatic rings. The average molecular weight is 350 g/mol. The second-order valence-electron chi connectivity index (χ2n) is 8.16. The Morgan fingerprint density at radius 3 is 2.20 bits per heavy atom. The van der Waals surface area contributed by atoms with Gasteiger partial charge in [0.2, 0.25) is 0 Å². The average Bonchev–Trinajstić information content (AvgIpc) is 2.62. The molecule has 1 nitrogen and oxygen atoms in total. The van der Waals surface area contributed by atoms with Crippen LogP contribution in [0.15, 0.2) is 72.8 Å². The number of hydrogen-bond acceptors (Lipinski definition) is 1. The van der Waals surface area contributed by atoms with Crippen LogP contribution in [-0.4, -0.2) is 26.6 Å². The van der Waals surface area contributed by atoms with E-state index in [1.165, 1.54) is 24.0 Å². The van der Waals surface area contributed by atoms with E-state index in [4.69, 9.17) is 0 Å². The van der Waals surface area contributed by atoms with E-state index in [-0.39, 0.29) is 0 Å². The van der Waals surface area contributed by atoms with Crippen LogP contribution in [0.1, 0.15) is 18.4 Å². The van der Waals surface area contributed by atoms with Crippen LogP contribution in [0.5, 0.6) is 0 Å². The molecule has 0 bridgehead atoms. The molecule has 1 saturated carbocycles. The van der Waals surface area contributed by atoms with Gasteiger partial charge in [-0.3, -0.25) is 0 Å². The van der Waals surface area contributed by atoms with Crippen LogP contribution < -0.4 is 5.19 Å². The Bertz CT molecular complexity index is 693. The smallest absolute Gasteiger partial charge is 0.0876 e. The Morgan fingerprint density at radius 1 is 1.00 bits per heavy atom. The second-order valence-corrected chi connectivity index (χ2v) is 12.9. The highest BCUT2D eigenvalue weighted by atomic mass is 28.3. The summed E-state index contributed by atoms with van der Waals surface area (Å²) in [6.45, 7) is 11.7. The Kier molecular flexibility index (Phi) is 5.60. The summed E-state index contributed by atoms with van der Waals surface area (Å²) in [5.41, 5.74) is 3.67. The summed E-state index contributed by atoms with van der Waals surface area (Å²) in [7, 11) is 0.800. The van der Waals surface area contributed by atoms with Crippen LogP contribution in [0.3, 0.4) is 0 Å². The van der Waals surface area contributed by atoms with Gasteiger partial charge in [-0.15, -0.1) is 0 Å². The molecule has 2 heteroatoms. The van der Waals surface area contributed by atoms with Crippen LogP contribution in [0.25, 0.3) is 0 Å². The van der Waals surface area contributed by atoms with Gasteiger partial charge in [0.1, 0.15) is 0 Å². The first-order valence-corrected chi connectivity index (χ1v) is 12.5. The van der Waals surface area contributed by atoms with Gasteiger partial charge in [0.25, 0.3) is 0 Å². The third-order valence-electron chi connectivity index (χ3n) is 6.04. The SMILES string of the molecule is C=C1[C@H](CCN(C)Cc2ccccc2)C[C@H]1[Si](C)(C)c1ccccc1. The van der Waals surface area contributed by atoms with Crippen molar-refractivity contribution in [1.29, 1.82) is 0 Å². The van der Waals surface area contributed by atoms with E-state index in [9.17, 15) is 0 Å². The summed E-state index contributed by atoms with van der Waals surface area (Å²) in [5.74, 6) is 0.721. The normalized spacial score (nSPS) is 20.6. The topological polar surface area (TPSA) is 3.24 Å². The molecular formula is C23H31NSi. The van der Waals surface area contributed by atoms with Crippen molar-refractivity contribution in [2.24, 2.45) is 5.92 Å². The minimum absolute atomic E-state index is 0.721. The lowest BCUT2D eigenvalue weighted by atomic mass is 9.77. The fourth-order valence-electron chi connectivity index (χ4n) is 4.19. The lowest BCUT2D eigenvalue weighted by molar-refractivity contribution is 0.279. The molecular weight excluding hydrogens is 318 g/mol. The number of benzene rings is 2. The van der Waals surface area contributed by atoms with Crippen molar-refractivity contribution >= 4 is 13.3 Å². The highest BCUT2D eigenvalue weighted by Crippen LogP contribution is 2.50. The molecule has 132 valence electrons. The Morgan fingerprint density at radius 2 is 1.60 bits per heavy atom. The lowest BCUT2D eigenvalue weighted by Gasteiger charge is -2.47. The molecule has 0 radical (unpaired) electrons. The molecule has 0 unspecified atom stereocenters. The first-order chi connectivity index (χ1) is 12.0. The zero-order valence-electron chi connectivity index (χ0n) is 15.9. The zero-order chi connectivity index (χ0) is 17.9. The first kappa shape index (κ1) is 18.2. The van der Waals surface area contributed by atoms with Gasteiger partial charge in [-0.05, 0) is 43.5 Å². The molecule has 25 heavy (non-hydrogen) atoms. The molecule has 0 spiro atoms. The number of hydrogen-bond donors (Lipinski definition) is 0. The van der Waals surface area contributed by atoms with Crippen LogP contribution in [0.2, 0.25) is 18.6 Å². The molecule has 2 aromatic carbocycles. The lowest BCUT2D eigenvalue weighted by Crippen LogP contribution is -2.51. The molecule has 0 aliphatic heterocycles. The molecule has 1 aliphatic carbocycles. The van der Waals surface area contributed by atoms with E-state index in [0.717, 1.165) is 24.5 Å². The van der Waals surface area contributed by atoms with Crippen LogP contribution in [0.4, 0.5) is 0 Å². The highest BCUT2D eigenvalue weighted by Gasteiger charge is 2.44. The molecule has 2 atom stereocenters. The molecule has 0 heterocycles. The van der Waals surface area contributed by atoms with E-state index in [1.54, 1.807) is 5.19 Å². The van der Waals surface area contributed by atoms with E-state index in [1.807, 2.05) is 0 Å². The van der Waals surface area contributed by atoms with Crippen molar-refractivity contribution < 1.29 is 0 Å². The Balaban J connectivity index is 1.50. The summed E-state index contributed by atoms with van der Waals surface area (Å²) in [5, 5.41) is 1.57. The summed E-state index contributed by atoms with van der Waals surface area (Å²) >= 11 is 0. The molecule has 0 aromatic heterocycles. The predicted molar refractivity (Wildman–Crippen MR) is 112 cm³/mol. The van der Waals surface area contributed by atoms with Gasteiger partial charge in [-0.1, -0.05) is 91.1 Å². The van der Waals surface area contributed by atoms with Gasteiger partial charge < -0.3 is 4.90 Å². The van der Waals surface area contributed by atoms with Gasteiger partial charge in [-0.2, -0.15) is 0 Å². The van der Waals surface area contributed by atoms with E-state index in [2.05, 4.69) is 92.3 Å². The van der Waals surface area contributed by atoms with Crippen molar-refractivity contribution in [2.75, 3.05) is 13.6 Å². The summed E-state index contributed by atoms with van der Waals surface area (Å²) in [6.07, 6.45) is 2.59. The Hall–Kier alpha value is -1.64. The quantitative estimate of drug-likeness (QED) is 0.498. The molecule has 3 rings (SSSR count). The van der Waals surface area contributed by atoms with Gasteiger partial charge in [-0.25, -0.2) is 0 Å². The van der Waals surface area contributed by atoms with Gasteiger partial charge in [0.15, 0.2) is 0 Å². The fourth-order valence-corrected chi connectivity index (χ4v) is 7.68. The van der Waals surface area contributed by atoms with E-state index in [0.29, 0.717) is 0 Å². The minimum Gasteiger partial charge on any atom is -0.302 e. The van der Waals surface area contributed by atoms with Crippen molar-refractivity contribution in [3.05, 3.63) is 78.4 Å². The van der Waals surface area contributed by atoms with Gasteiger partial charge >= 0.3 is 0 Å². The first-order valence-electron chi connectivity index (χ1n) is 9.45. The van der Waals surface area contributed by atoms with Crippen molar-refractivity contribution in [1.82, 2.24) is 4.90 Å². The highest BCUT2D eigenvalue weighted by molar-refractivity contribution is 6.91. The molecule has 0 saturated heterocycles. The summed E-state index contributed by atoms with van der Waals surface area (Å²) in [6, 6.07) is 21.9. The van der Waals surface area contributed by atoms with E-state index >= 15 is 0 Å². The minimum atomic E-state index is -1.43. The zero-order valence-corrected chi connectivity index (χ0v) is 16.9. The maximum atomic E-state index is 4.49. The monoisotopic (exact) mass is 349 g/mol. The number of allylic oxidation sites excluding steroid dienone is 1. The number of nitrogens with zero attached hydrogens (tertiary/aromatic N) is 1. The summed E-state index contributed by atoms with van der Waals surface area (Å²) < 4.78 is 0. The van der Waals surface area contributed by atoms with Crippen LogP contribution in [-0.2, 0) is 6.54 Å². The third kappa shape index (κ3) is 4.13. The molecule has 2 aromatic rings. The largest absolute Gasteiger partial charge is 0.302 e. The summed E-state index contributed by atoms with van der Waals surface area (Å²) in [4.78, 5) is 2.44.